The van der Waals surface area contributed by atoms with Crippen LogP contribution in [0.25, 0.3) is 21.5 Å². The van der Waals surface area contributed by atoms with E-state index in [0.29, 0.717) is 17.9 Å². The summed E-state index contributed by atoms with van der Waals surface area (Å²) in [5.41, 5.74) is 4.94. The van der Waals surface area contributed by atoms with Crippen molar-refractivity contribution in [2.75, 3.05) is 7.11 Å². The molecular formula is C30H23BrN2O3. The largest absolute Gasteiger partial charge is 0.496 e. The van der Waals surface area contributed by atoms with Gasteiger partial charge in [-0.3, -0.25) is 4.79 Å². The molecule has 0 aromatic heterocycles. The first-order valence-corrected chi connectivity index (χ1v) is 12.2. The highest BCUT2D eigenvalue weighted by Crippen LogP contribution is 2.28. The standard InChI is InChI=1S/C30H23BrN2O3/c1-35-29-17-23-9-3-2-8-22(23)16-26(29)30(34)33-32-18-20-13-14-28(27(31)15-20)36-19-24-11-6-10-21-7-4-5-12-25(21)24/h2-18H,19H2,1H3,(H,33,34)/b32-18-. The second kappa shape index (κ2) is 10.6. The molecule has 0 fully saturated rings. The van der Waals surface area contributed by atoms with Crippen LogP contribution in [0.4, 0.5) is 0 Å². The minimum absolute atomic E-state index is 0.344. The predicted octanol–water partition coefficient (Wildman–Crippen LogP) is 7.11. The van der Waals surface area contributed by atoms with Crippen LogP contribution in [0.5, 0.6) is 11.5 Å². The van der Waals surface area contributed by atoms with Crippen molar-refractivity contribution in [3.8, 4) is 11.5 Å². The maximum atomic E-state index is 12.8. The molecule has 0 aliphatic carbocycles. The molecule has 1 amide bonds. The van der Waals surface area contributed by atoms with E-state index in [-0.39, 0.29) is 5.91 Å². The minimum atomic E-state index is -0.344. The zero-order chi connectivity index (χ0) is 24.9. The highest BCUT2D eigenvalue weighted by atomic mass is 79.9. The smallest absolute Gasteiger partial charge is 0.275 e. The molecular weight excluding hydrogens is 516 g/mol. The summed E-state index contributed by atoms with van der Waals surface area (Å²) in [4.78, 5) is 12.8. The Kier molecular flexibility index (Phi) is 6.96. The van der Waals surface area contributed by atoms with Gasteiger partial charge in [-0.1, -0.05) is 66.7 Å². The van der Waals surface area contributed by atoms with Gasteiger partial charge in [0.05, 0.1) is 23.4 Å². The Morgan fingerprint density at radius 3 is 2.36 bits per heavy atom. The van der Waals surface area contributed by atoms with E-state index in [2.05, 4.69) is 50.7 Å². The van der Waals surface area contributed by atoms with Gasteiger partial charge in [0.1, 0.15) is 18.1 Å². The van der Waals surface area contributed by atoms with Crippen LogP contribution in [-0.4, -0.2) is 19.2 Å². The molecule has 6 heteroatoms. The van der Waals surface area contributed by atoms with Gasteiger partial charge < -0.3 is 9.47 Å². The van der Waals surface area contributed by atoms with Crippen LogP contribution in [0.1, 0.15) is 21.5 Å². The van der Waals surface area contributed by atoms with Crippen molar-refractivity contribution in [3.63, 3.8) is 0 Å². The highest BCUT2D eigenvalue weighted by Gasteiger charge is 2.13. The van der Waals surface area contributed by atoms with Crippen molar-refractivity contribution in [1.29, 1.82) is 0 Å². The molecule has 0 aliphatic heterocycles. The van der Waals surface area contributed by atoms with Crippen LogP contribution < -0.4 is 14.9 Å². The average molecular weight is 539 g/mol. The first kappa shape index (κ1) is 23.6. The Morgan fingerprint density at radius 2 is 1.58 bits per heavy atom. The van der Waals surface area contributed by atoms with Crippen molar-refractivity contribution < 1.29 is 14.3 Å². The maximum absolute atomic E-state index is 12.8. The Hall–Kier alpha value is -4.16. The quantitative estimate of drug-likeness (QED) is 0.177. The van der Waals surface area contributed by atoms with Crippen molar-refractivity contribution in [3.05, 3.63) is 118 Å². The van der Waals surface area contributed by atoms with Gasteiger partial charge in [-0.2, -0.15) is 5.10 Å². The number of nitrogens with zero attached hydrogens (tertiary/aromatic N) is 1. The summed E-state index contributed by atoms with van der Waals surface area (Å²) in [6.45, 7) is 0.455. The SMILES string of the molecule is COc1cc2ccccc2cc1C(=O)N/N=C\c1ccc(OCc2cccc3ccccc23)c(Br)c1. The zero-order valence-electron chi connectivity index (χ0n) is 19.6. The summed E-state index contributed by atoms with van der Waals surface area (Å²) in [5.74, 6) is 0.879. The molecule has 0 heterocycles. The number of nitrogens with one attached hydrogen (secondary N) is 1. The van der Waals surface area contributed by atoms with Crippen molar-refractivity contribution in [2.24, 2.45) is 5.10 Å². The highest BCUT2D eigenvalue weighted by molar-refractivity contribution is 9.10. The third kappa shape index (κ3) is 5.09. The Morgan fingerprint density at radius 1 is 0.861 bits per heavy atom. The Balaban J connectivity index is 1.25. The summed E-state index contributed by atoms with van der Waals surface area (Å²) in [6.07, 6.45) is 1.59. The van der Waals surface area contributed by atoms with Gasteiger partial charge >= 0.3 is 0 Å². The summed E-state index contributed by atoms with van der Waals surface area (Å²) >= 11 is 3.58. The summed E-state index contributed by atoms with van der Waals surface area (Å²) < 4.78 is 12.3. The first-order chi connectivity index (χ1) is 17.6. The van der Waals surface area contributed by atoms with E-state index >= 15 is 0 Å². The zero-order valence-corrected chi connectivity index (χ0v) is 21.2. The lowest BCUT2D eigenvalue weighted by molar-refractivity contribution is 0.0952. The number of rotatable bonds is 7. The normalized spacial score (nSPS) is 11.2. The van der Waals surface area contributed by atoms with Crippen molar-refractivity contribution in [1.82, 2.24) is 5.43 Å². The number of carbonyl (C=O) groups excluding carboxylic acids is 1. The lowest BCUT2D eigenvalue weighted by atomic mass is 10.1. The number of hydrogen-bond acceptors (Lipinski definition) is 4. The van der Waals surface area contributed by atoms with Gasteiger partial charge in [-0.25, -0.2) is 5.43 Å². The Labute approximate surface area is 217 Å². The van der Waals surface area contributed by atoms with Gasteiger partial charge in [0.25, 0.3) is 5.91 Å². The second-order valence-electron chi connectivity index (χ2n) is 8.22. The molecule has 0 bridgehead atoms. The lowest BCUT2D eigenvalue weighted by Gasteiger charge is -2.11. The van der Waals surface area contributed by atoms with Gasteiger partial charge in [0.15, 0.2) is 0 Å². The summed E-state index contributed by atoms with van der Waals surface area (Å²) in [7, 11) is 1.55. The summed E-state index contributed by atoms with van der Waals surface area (Å²) in [5, 5.41) is 8.45. The van der Waals surface area contributed by atoms with Gasteiger partial charge in [0.2, 0.25) is 0 Å². The average Bonchev–Trinajstić information content (AvgIpc) is 2.91. The van der Waals surface area contributed by atoms with E-state index < -0.39 is 0 Å². The number of methoxy groups -OCH3 is 1. The van der Waals surface area contributed by atoms with Gasteiger partial charge in [-0.05, 0) is 78.9 Å². The van der Waals surface area contributed by atoms with Crippen molar-refractivity contribution in [2.45, 2.75) is 6.61 Å². The minimum Gasteiger partial charge on any atom is -0.496 e. The maximum Gasteiger partial charge on any atom is 0.275 e. The number of carbonyl (C=O) groups is 1. The van der Waals surface area contributed by atoms with Crippen LogP contribution in [0.15, 0.2) is 107 Å². The molecule has 1 N–H and O–H groups in total. The number of hydrogen-bond donors (Lipinski definition) is 1. The number of benzene rings is 5. The molecule has 0 saturated heterocycles. The van der Waals surface area contributed by atoms with Crippen LogP contribution in [0.3, 0.4) is 0 Å². The van der Waals surface area contributed by atoms with Crippen LogP contribution in [-0.2, 0) is 6.61 Å². The van der Waals surface area contributed by atoms with E-state index in [1.807, 2.05) is 66.7 Å². The fourth-order valence-electron chi connectivity index (χ4n) is 4.08. The van der Waals surface area contributed by atoms with E-state index in [9.17, 15) is 4.79 Å². The molecule has 0 saturated carbocycles. The third-order valence-electron chi connectivity index (χ3n) is 5.91. The van der Waals surface area contributed by atoms with Crippen LogP contribution in [0.2, 0.25) is 0 Å². The molecule has 5 aromatic carbocycles. The molecule has 5 rings (SSSR count). The molecule has 5 nitrogen and oxygen atoms in total. The van der Waals surface area contributed by atoms with Gasteiger partial charge in [-0.15, -0.1) is 0 Å². The monoisotopic (exact) mass is 538 g/mol. The number of halogens is 1. The van der Waals surface area contributed by atoms with E-state index in [1.165, 1.54) is 10.8 Å². The van der Waals surface area contributed by atoms with Crippen LogP contribution >= 0.6 is 15.9 Å². The van der Waals surface area contributed by atoms with Crippen molar-refractivity contribution >= 4 is 49.6 Å². The third-order valence-corrected chi connectivity index (χ3v) is 6.53. The molecule has 0 spiro atoms. The number of hydrazone groups is 1. The van der Waals surface area contributed by atoms with E-state index in [0.717, 1.165) is 32.1 Å². The first-order valence-electron chi connectivity index (χ1n) is 11.4. The lowest BCUT2D eigenvalue weighted by Crippen LogP contribution is -2.18. The second-order valence-corrected chi connectivity index (χ2v) is 9.07. The number of ether oxygens (including phenoxy) is 2. The molecule has 178 valence electrons. The fraction of sp³-hybridized carbons (Fsp3) is 0.0667. The molecule has 0 aliphatic rings. The van der Waals surface area contributed by atoms with Crippen LogP contribution in [0, 0.1) is 0 Å². The summed E-state index contributed by atoms with van der Waals surface area (Å²) in [6, 6.07) is 31.6. The molecule has 0 radical (unpaired) electrons. The molecule has 36 heavy (non-hydrogen) atoms. The topological polar surface area (TPSA) is 59.9 Å². The number of fused-ring (bicyclic) bond motifs is 2. The van der Waals surface area contributed by atoms with E-state index in [4.69, 9.17) is 9.47 Å². The molecule has 0 atom stereocenters. The molecule has 0 unspecified atom stereocenters. The van der Waals surface area contributed by atoms with E-state index in [1.54, 1.807) is 19.4 Å². The van der Waals surface area contributed by atoms with Gasteiger partial charge in [0, 0.05) is 0 Å². The predicted molar refractivity (Wildman–Crippen MR) is 148 cm³/mol. The fourth-order valence-corrected chi connectivity index (χ4v) is 4.59. The molecule has 5 aromatic rings. The number of amides is 1. The Bertz CT molecular complexity index is 1590.